The van der Waals surface area contributed by atoms with Crippen LogP contribution >= 0.6 is 12.2 Å². The van der Waals surface area contributed by atoms with E-state index in [-0.39, 0.29) is 12.5 Å². The maximum Gasteiger partial charge on any atom is 0.262 e. The van der Waals surface area contributed by atoms with Gasteiger partial charge in [-0.05, 0) is 54.5 Å². The highest BCUT2D eigenvalue weighted by molar-refractivity contribution is 7.71. The van der Waals surface area contributed by atoms with Crippen molar-refractivity contribution in [2.45, 2.75) is 33.2 Å². The molecular weight excluding hydrogens is 434 g/mol. The van der Waals surface area contributed by atoms with Crippen LogP contribution in [0.3, 0.4) is 0 Å². The number of fused-ring (bicyclic) bond motifs is 1. The molecule has 0 atom stereocenters. The average Bonchev–Trinajstić information content (AvgIpc) is 3.17. The monoisotopic (exact) mass is 461 g/mol. The van der Waals surface area contributed by atoms with Crippen LogP contribution in [-0.2, 0) is 17.8 Å². The van der Waals surface area contributed by atoms with Gasteiger partial charge in [0.05, 0.1) is 6.54 Å². The molecule has 4 aromatic rings. The zero-order valence-electron chi connectivity index (χ0n) is 18.7. The molecule has 4 rings (SSSR count). The smallest absolute Gasteiger partial charge is 0.262 e. The molecule has 8 heteroatoms. The molecule has 1 amide bonds. The van der Waals surface area contributed by atoms with Gasteiger partial charge in [0.25, 0.3) is 5.91 Å². The summed E-state index contributed by atoms with van der Waals surface area (Å²) in [7, 11) is 0. The lowest BCUT2D eigenvalue weighted by Gasteiger charge is -2.16. The van der Waals surface area contributed by atoms with Crippen molar-refractivity contribution in [1.29, 1.82) is 0 Å². The van der Waals surface area contributed by atoms with E-state index in [1.54, 1.807) is 4.68 Å². The normalized spacial score (nSPS) is 10.8. The standard InChI is InChI=1S/C25H27N5O2S/c1-3-6-23-28-29-25(33)30(23)26-15-21-20-8-5-4-7-18(20)11-14-22(21)32-16-24(31)27-19-12-9-17(2)10-13-19/h4-5,7-14,26H,3,6,15-16H2,1-2H3,(H,27,31)(H,29,33). The van der Waals surface area contributed by atoms with Crippen molar-refractivity contribution in [3.05, 3.63) is 82.4 Å². The Labute approximate surface area is 197 Å². The highest BCUT2D eigenvalue weighted by atomic mass is 32.1. The summed E-state index contributed by atoms with van der Waals surface area (Å²) in [6, 6.07) is 19.7. The van der Waals surface area contributed by atoms with Crippen LogP contribution in [0.15, 0.2) is 60.7 Å². The molecule has 0 fully saturated rings. The molecule has 170 valence electrons. The van der Waals surface area contributed by atoms with E-state index in [4.69, 9.17) is 17.0 Å². The molecular formula is C25H27N5O2S. The number of aryl methyl sites for hydroxylation is 2. The number of aromatic nitrogens is 3. The number of nitrogens with one attached hydrogen (secondary N) is 3. The first-order valence-electron chi connectivity index (χ1n) is 10.9. The Morgan fingerprint density at radius 1 is 1.12 bits per heavy atom. The summed E-state index contributed by atoms with van der Waals surface area (Å²) in [6.45, 7) is 4.47. The van der Waals surface area contributed by atoms with Crippen molar-refractivity contribution >= 4 is 34.6 Å². The summed E-state index contributed by atoms with van der Waals surface area (Å²) in [5, 5.41) is 12.2. The molecule has 7 nitrogen and oxygen atoms in total. The van der Waals surface area contributed by atoms with Crippen molar-refractivity contribution in [1.82, 2.24) is 14.9 Å². The second-order valence-electron chi connectivity index (χ2n) is 7.83. The molecule has 0 radical (unpaired) electrons. The van der Waals surface area contributed by atoms with Crippen LogP contribution in [0.25, 0.3) is 10.8 Å². The van der Waals surface area contributed by atoms with E-state index in [9.17, 15) is 4.79 Å². The number of anilines is 1. The van der Waals surface area contributed by atoms with Crippen molar-refractivity contribution in [3.63, 3.8) is 0 Å². The average molecular weight is 462 g/mol. The molecule has 0 aliphatic rings. The predicted molar refractivity (Wildman–Crippen MR) is 134 cm³/mol. The molecule has 3 N–H and O–H groups in total. The quantitative estimate of drug-likeness (QED) is 0.302. The predicted octanol–water partition coefficient (Wildman–Crippen LogP) is 5.12. The van der Waals surface area contributed by atoms with Crippen LogP contribution in [0.5, 0.6) is 5.75 Å². The van der Waals surface area contributed by atoms with Crippen molar-refractivity contribution < 1.29 is 9.53 Å². The fourth-order valence-electron chi connectivity index (χ4n) is 3.65. The van der Waals surface area contributed by atoms with Gasteiger partial charge in [0.2, 0.25) is 4.77 Å². The summed E-state index contributed by atoms with van der Waals surface area (Å²) >= 11 is 5.38. The molecule has 0 bridgehead atoms. The number of hydrogen-bond acceptors (Lipinski definition) is 5. The number of rotatable bonds is 9. The summed E-state index contributed by atoms with van der Waals surface area (Å²) in [4.78, 5) is 12.5. The van der Waals surface area contributed by atoms with E-state index in [1.807, 2.05) is 61.5 Å². The molecule has 33 heavy (non-hydrogen) atoms. The minimum atomic E-state index is -0.215. The maximum atomic E-state index is 12.5. The van der Waals surface area contributed by atoms with E-state index in [0.29, 0.717) is 17.1 Å². The van der Waals surface area contributed by atoms with Crippen LogP contribution in [0.1, 0.15) is 30.3 Å². The van der Waals surface area contributed by atoms with Crippen LogP contribution in [-0.4, -0.2) is 27.4 Å². The van der Waals surface area contributed by atoms with Crippen molar-refractivity contribution in [3.8, 4) is 5.75 Å². The lowest BCUT2D eigenvalue weighted by atomic mass is 10.0. The lowest BCUT2D eigenvalue weighted by Crippen LogP contribution is -2.22. The van der Waals surface area contributed by atoms with Gasteiger partial charge >= 0.3 is 0 Å². The van der Waals surface area contributed by atoms with Crippen LogP contribution < -0.4 is 15.5 Å². The third-order valence-electron chi connectivity index (χ3n) is 5.32. The minimum absolute atomic E-state index is 0.0918. The highest BCUT2D eigenvalue weighted by Crippen LogP contribution is 2.28. The Hall–Kier alpha value is -3.65. The Bertz CT molecular complexity index is 1310. The Morgan fingerprint density at radius 3 is 2.70 bits per heavy atom. The summed E-state index contributed by atoms with van der Waals surface area (Å²) in [5.41, 5.74) is 6.19. The molecule has 1 aromatic heterocycles. The number of H-pyrrole nitrogens is 1. The van der Waals surface area contributed by atoms with Gasteiger partial charge in [-0.3, -0.25) is 9.89 Å². The zero-order chi connectivity index (χ0) is 23.2. The summed E-state index contributed by atoms with van der Waals surface area (Å²) in [5.74, 6) is 1.28. The van der Waals surface area contributed by atoms with Gasteiger partial charge in [0.15, 0.2) is 12.4 Å². The van der Waals surface area contributed by atoms with E-state index in [2.05, 4.69) is 33.9 Å². The van der Waals surface area contributed by atoms with Crippen molar-refractivity contribution in [2.75, 3.05) is 17.3 Å². The maximum absolute atomic E-state index is 12.5. The Morgan fingerprint density at radius 2 is 1.91 bits per heavy atom. The third-order valence-corrected chi connectivity index (χ3v) is 5.59. The van der Waals surface area contributed by atoms with Gasteiger partial charge in [-0.25, -0.2) is 4.68 Å². The van der Waals surface area contributed by atoms with Crippen LogP contribution in [0, 0.1) is 11.7 Å². The first kappa shape index (κ1) is 22.5. The number of nitrogens with zero attached hydrogens (tertiary/aromatic N) is 2. The van der Waals surface area contributed by atoms with Gasteiger partial charge in [0, 0.05) is 17.7 Å². The van der Waals surface area contributed by atoms with Crippen molar-refractivity contribution in [2.24, 2.45) is 0 Å². The summed E-state index contributed by atoms with van der Waals surface area (Å²) < 4.78 is 8.28. The molecule has 0 spiro atoms. The molecule has 1 heterocycles. The number of benzene rings is 3. The zero-order valence-corrected chi connectivity index (χ0v) is 19.5. The van der Waals surface area contributed by atoms with Crippen LogP contribution in [0.4, 0.5) is 5.69 Å². The lowest BCUT2D eigenvalue weighted by molar-refractivity contribution is -0.118. The van der Waals surface area contributed by atoms with Crippen LogP contribution in [0.2, 0.25) is 0 Å². The first-order chi connectivity index (χ1) is 16.0. The molecule has 0 saturated carbocycles. The third kappa shape index (κ3) is 5.40. The Kier molecular flexibility index (Phi) is 7.04. The van der Waals surface area contributed by atoms with E-state index < -0.39 is 0 Å². The van der Waals surface area contributed by atoms with Gasteiger partial charge in [-0.15, -0.1) is 0 Å². The fourth-order valence-corrected chi connectivity index (χ4v) is 3.87. The molecule has 3 aromatic carbocycles. The van der Waals surface area contributed by atoms with Gasteiger partial charge < -0.3 is 15.5 Å². The second kappa shape index (κ2) is 10.3. The van der Waals surface area contributed by atoms with E-state index in [0.717, 1.165) is 46.3 Å². The number of carbonyl (C=O) groups is 1. The number of ether oxygens (including phenoxy) is 1. The summed E-state index contributed by atoms with van der Waals surface area (Å²) in [6.07, 6.45) is 1.76. The SMILES string of the molecule is CCCc1n[nH]c(=S)n1NCc1c(OCC(=O)Nc2ccc(C)cc2)ccc2ccccc12. The molecule has 0 saturated heterocycles. The molecule has 0 aliphatic heterocycles. The largest absolute Gasteiger partial charge is 0.483 e. The van der Waals surface area contributed by atoms with E-state index in [1.165, 1.54) is 0 Å². The second-order valence-corrected chi connectivity index (χ2v) is 8.22. The first-order valence-corrected chi connectivity index (χ1v) is 11.4. The highest BCUT2D eigenvalue weighted by Gasteiger charge is 2.13. The number of hydrogen-bond donors (Lipinski definition) is 3. The minimum Gasteiger partial charge on any atom is -0.483 e. The van der Waals surface area contributed by atoms with Gasteiger partial charge in [-0.1, -0.05) is 55.0 Å². The Balaban J connectivity index is 1.54. The number of carbonyl (C=O) groups excluding carboxylic acids is 1. The molecule has 0 aliphatic carbocycles. The van der Waals surface area contributed by atoms with E-state index >= 15 is 0 Å². The fraction of sp³-hybridized carbons (Fsp3) is 0.240. The van der Waals surface area contributed by atoms with Gasteiger partial charge in [-0.2, -0.15) is 5.10 Å². The number of aromatic amines is 1. The number of amides is 1. The molecule has 0 unspecified atom stereocenters. The topological polar surface area (TPSA) is 84.0 Å². The van der Waals surface area contributed by atoms with Gasteiger partial charge in [0.1, 0.15) is 5.75 Å².